The van der Waals surface area contributed by atoms with Gasteiger partial charge in [-0.15, -0.1) is 0 Å². The number of fused-ring (bicyclic) bond motifs is 1. The Morgan fingerprint density at radius 3 is 2.60 bits per heavy atom. The molecule has 4 rings (SSSR count). The fourth-order valence-electron chi connectivity index (χ4n) is 4.39. The lowest BCUT2D eigenvalue weighted by Gasteiger charge is -2.18. The largest absolute Gasteiger partial charge is 0.492 e. The van der Waals surface area contributed by atoms with Crippen LogP contribution in [0.25, 0.3) is 0 Å². The number of hydrazone groups is 1. The van der Waals surface area contributed by atoms with Crippen LogP contribution in [0.5, 0.6) is 5.75 Å². The molecule has 1 aromatic heterocycles. The lowest BCUT2D eigenvalue weighted by Crippen LogP contribution is -2.79. The van der Waals surface area contributed by atoms with E-state index in [1.807, 2.05) is 69.9 Å². The van der Waals surface area contributed by atoms with Crippen molar-refractivity contribution >= 4 is 17.1 Å². The Morgan fingerprint density at radius 1 is 1.11 bits per heavy atom. The first-order valence-electron chi connectivity index (χ1n) is 12.1. The Balaban J connectivity index is 1.52. The number of likely N-dealkylation sites (N-methyl/N-ethyl adjacent to an activating group) is 1. The van der Waals surface area contributed by atoms with E-state index in [2.05, 4.69) is 43.9 Å². The Labute approximate surface area is 207 Å². The number of pyridine rings is 1. The zero-order valence-electron chi connectivity index (χ0n) is 20.8. The van der Waals surface area contributed by atoms with E-state index in [0.29, 0.717) is 18.7 Å². The lowest BCUT2D eigenvalue weighted by atomic mass is 9.94. The number of nitrogens with two attached hydrogens (primary N) is 1. The summed E-state index contributed by atoms with van der Waals surface area (Å²) in [7, 11) is 5.90. The van der Waals surface area contributed by atoms with Crippen molar-refractivity contribution in [2.24, 2.45) is 5.10 Å². The van der Waals surface area contributed by atoms with Gasteiger partial charge in [-0.05, 0) is 68.4 Å². The third kappa shape index (κ3) is 6.53. The Bertz CT molecular complexity index is 1160. The predicted octanol–water partition coefficient (Wildman–Crippen LogP) is 3.29. The van der Waals surface area contributed by atoms with Crippen LogP contribution >= 0.6 is 0 Å². The zero-order valence-corrected chi connectivity index (χ0v) is 20.8. The molecule has 7 nitrogen and oxygen atoms in total. The van der Waals surface area contributed by atoms with Gasteiger partial charge in [-0.2, -0.15) is 5.10 Å². The van der Waals surface area contributed by atoms with Crippen molar-refractivity contribution in [2.45, 2.75) is 25.3 Å². The highest BCUT2D eigenvalue weighted by molar-refractivity contribution is 6.04. The second kappa shape index (κ2) is 11.7. The van der Waals surface area contributed by atoms with Crippen molar-refractivity contribution in [3.05, 3.63) is 89.2 Å². The summed E-state index contributed by atoms with van der Waals surface area (Å²) in [5, 5.41) is 15.6. The van der Waals surface area contributed by atoms with Crippen molar-refractivity contribution in [3.63, 3.8) is 0 Å². The SMILES string of the molecule is CNN=C1CCc2cc(C(CC(=N)c3ccc(OCCN(C)C)cc3)[NH2+]c3ccncc3)ccc21. The highest BCUT2D eigenvalue weighted by atomic mass is 16.5. The molecule has 0 fully saturated rings. The molecule has 1 aliphatic carbocycles. The first kappa shape index (κ1) is 24.6. The molecule has 0 saturated carbocycles. The molecule has 0 saturated heterocycles. The first-order chi connectivity index (χ1) is 17.0. The van der Waals surface area contributed by atoms with E-state index >= 15 is 0 Å². The summed E-state index contributed by atoms with van der Waals surface area (Å²) in [4.78, 5) is 6.24. The number of hydrogen-bond acceptors (Lipinski definition) is 6. The van der Waals surface area contributed by atoms with E-state index in [-0.39, 0.29) is 6.04 Å². The second-order valence-electron chi connectivity index (χ2n) is 9.11. The molecule has 1 atom stereocenters. The highest BCUT2D eigenvalue weighted by Crippen LogP contribution is 2.27. The number of aromatic nitrogens is 1. The minimum Gasteiger partial charge on any atom is -0.492 e. The third-order valence-corrected chi connectivity index (χ3v) is 6.28. The van der Waals surface area contributed by atoms with Crippen LogP contribution in [0.3, 0.4) is 0 Å². The summed E-state index contributed by atoms with van der Waals surface area (Å²) in [5.74, 6) is 0.834. The summed E-state index contributed by atoms with van der Waals surface area (Å²) >= 11 is 0. The van der Waals surface area contributed by atoms with E-state index < -0.39 is 0 Å². The van der Waals surface area contributed by atoms with Gasteiger partial charge >= 0.3 is 0 Å². The zero-order chi connectivity index (χ0) is 24.6. The first-order valence-corrected chi connectivity index (χ1v) is 12.1. The summed E-state index contributed by atoms with van der Waals surface area (Å²) in [6.45, 7) is 1.51. The average Bonchev–Trinajstić information content (AvgIpc) is 3.27. The monoisotopic (exact) mass is 471 g/mol. The van der Waals surface area contributed by atoms with Gasteiger partial charge in [-0.25, -0.2) is 0 Å². The molecular formula is C28H35N6O+. The van der Waals surface area contributed by atoms with Crippen LogP contribution in [0, 0.1) is 5.41 Å². The molecule has 0 aliphatic heterocycles. The highest BCUT2D eigenvalue weighted by Gasteiger charge is 2.24. The number of ether oxygens (including phenoxy) is 1. The van der Waals surface area contributed by atoms with Gasteiger partial charge in [-0.1, -0.05) is 12.1 Å². The Kier molecular flexibility index (Phi) is 8.23. The number of nitrogens with zero attached hydrogens (tertiary/aromatic N) is 3. The van der Waals surface area contributed by atoms with E-state index in [9.17, 15) is 0 Å². The summed E-state index contributed by atoms with van der Waals surface area (Å²) < 4.78 is 5.81. The molecule has 1 heterocycles. The van der Waals surface area contributed by atoms with Crippen molar-refractivity contribution in [3.8, 4) is 5.75 Å². The van der Waals surface area contributed by atoms with Crippen molar-refractivity contribution in [1.29, 1.82) is 5.41 Å². The molecular weight excluding hydrogens is 436 g/mol. The maximum Gasteiger partial charge on any atom is 0.133 e. The molecule has 182 valence electrons. The Hall–Kier alpha value is -3.55. The molecule has 35 heavy (non-hydrogen) atoms. The summed E-state index contributed by atoms with van der Waals surface area (Å²) in [6.07, 6.45) is 6.19. The van der Waals surface area contributed by atoms with Gasteiger partial charge in [-0.3, -0.25) is 4.98 Å². The smallest absolute Gasteiger partial charge is 0.133 e. The number of quaternary nitrogens is 1. The number of benzene rings is 2. The molecule has 1 aliphatic rings. The number of rotatable bonds is 11. The molecule has 0 bridgehead atoms. The van der Waals surface area contributed by atoms with Crippen LogP contribution in [-0.4, -0.2) is 55.6 Å². The van der Waals surface area contributed by atoms with Crippen LogP contribution in [0.2, 0.25) is 0 Å². The molecule has 2 aromatic carbocycles. The fraction of sp³-hybridized carbons (Fsp3) is 0.321. The summed E-state index contributed by atoms with van der Waals surface area (Å²) in [5.41, 5.74) is 10.5. The average molecular weight is 472 g/mol. The van der Waals surface area contributed by atoms with Crippen molar-refractivity contribution in [2.75, 3.05) is 34.3 Å². The van der Waals surface area contributed by atoms with Gasteiger partial charge in [0.15, 0.2) is 0 Å². The fourth-order valence-corrected chi connectivity index (χ4v) is 4.39. The molecule has 7 heteroatoms. The second-order valence-corrected chi connectivity index (χ2v) is 9.11. The third-order valence-electron chi connectivity index (χ3n) is 6.28. The van der Waals surface area contributed by atoms with Crippen LogP contribution in [0.1, 0.15) is 41.1 Å². The molecule has 4 N–H and O–H groups in total. The topological polar surface area (TPSA) is 90.2 Å². The molecule has 1 unspecified atom stereocenters. The van der Waals surface area contributed by atoms with Gasteiger partial charge in [0.05, 0.1) is 5.71 Å². The van der Waals surface area contributed by atoms with Crippen molar-refractivity contribution < 1.29 is 10.1 Å². The van der Waals surface area contributed by atoms with Crippen LogP contribution in [0.4, 0.5) is 5.69 Å². The maximum atomic E-state index is 8.87. The van der Waals surface area contributed by atoms with E-state index in [4.69, 9.17) is 10.1 Å². The summed E-state index contributed by atoms with van der Waals surface area (Å²) in [6, 6.07) is 18.7. The van der Waals surface area contributed by atoms with Crippen molar-refractivity contribution in [1.82, 2.24) is 15.3 Å². The Morgan fingerprint density at radius 2 is 1.89 bits per heavy atom. The molecule has 0 radical (unpaired) electrons. The van der Waals surface area contributed by atoms with Crippen LogP contribution in [0.15, 0.2) is 72.1 Å². The predicted molar refractivity (Wildman–Crippen MR) is 141 cm³/mol. The van der Waals surface area contributed by atoms with Crippen LogP contribution in [-0.2, 0) is 6.42 Å². The minimum atomic E-state index is 0.0801. The van der Waals surface area contributed by atoms with Gasteiger partial charge in [0.25, 0.3) is 0 Å². The van der Waals surface area contributed by atoms with Gasteiger partial charge in [0.1, 0.15) is 24.1 Å². The molecule has 0 spiro atoms. The number of aryl methyl sites for hydroxylation is 1. The quantitative estimate of drug-likeness (QED) is 0.296. The van der Waals surface area contributed by atoms with E-state index in [0.717, 1.165) is 42.1 Å². The van der Waals surface area contributed by atoms with Gasteiger partial charge < -0.3 is 25.8 Å². The van der Waals surface area contributed by atoms with Gasteiger partial charge in [0, 0.05) is 61.4 Å². The standard InChI is InChI=1S/C28H34N6O/c1-30-33-27-11-7-21-18-22(6-10-25(21)27)28(32-23-12-14-31-15-13-23)19-26(29)20-4-8-24(9-5-20)35-17-16-34(2)3/h4-6,8-10,12-15,18,28-30H,7,11,16-17,19H2,1-3H3,(H,31,32)/p+1. The van der Waals surface area contributed by atoms with E-state index in [1.165, 1.54) is 16.7 Å². The number of nitrogens with one attached hydrogen (secondary N) is 2. The normalized spacial score (nSPS) is 14.7. The molecule has 0 amide bonds. The maximum absolute atomic E-state index is 8.87. The lowest BCUT2D eigenvalue weighted by molar-refractivity contribution is -0.616. The van der Waals surface area contributed by atoms with Gasteiger partial charge in [0.2, 0.25) is 0 Å². The van der Waals surface area contributed by atoms with E-state index in [1.54, 1.807) is 0 Å². The molecule has 3 aromatic rings. The number of hydrogen-bond donors (Lipinski definition) is 3. The van der Waals surface area contributed by atoms with Crippen LogP contribution < -0.4 is 15.5 Å². The minimum absolute atomic E-state index is 0.0801.